The number of carbonyl (C=O) groups excluding carboxylic acids is 8. The van der Waals surface area contributed by atoms with E-state index in [1.165, 1.54) is 6.92 Å². The van der Waals surface area contributed by atoms with Gasteiger partial charge in [-0.25, -0.2) is 4.79 Å². The van der Waals surface area contributed by atoms with Crippen molar-refractivity contribution in [2.24, 2.45) is 11.8 Å². The van der Waals surface area contributed by atoms with Crippen molar-refractivity contribution in [2.75, 3.05) is 13.2 Å². The van der Waals surface area contributed by atoms with Gasteiger partial charge in [-0.3, -0.25) is 48.6 Å². The zero-order valence-corrected chi connectivity index (χ0v) is 28.8. The molecule has 3 atom stereocenters. The average Bonchev–Trinajstić information content (AvgIpc) is 3.38. The van der Waals surface area contributed by atoms with Crippen LogP contribution in [0.4, 0.5) is 10.5 Å². The first-order valence-corrected chi connectivity index (χ1v) is 16.0. The smallest absolute Gasteiger partial charge is 0.465 e. The molecule has 1 aromatic rings. The van der Waals surface area contributed by atoms with Crippen molar-refractivity contribution in [3.8, 4) is 5.75 Å². The van der Waals surface area contributed by atoms with Crippen LogP contribution in [0.3, 0.4) is 0 Å². The Morgan fingerprint density at radius 2 is 1.43 bits per heavy atom. The molecule has 19 heteroatoms. The standard InChI is InChI=1S/C32H42N6O13/c1-18(2)16-24(34-25(39)14-15-37-26(40)11-12-27(37)41)30(44)33-20(5)29(43)35-23(10-13-28(42)49-17-19(3)4)31(45)36-51-32(46)50-22-8-6-21(7-9-22)38(47)48/h6-9,11-12,18-20,23-24H,10,13-17H2,1-5H3,(H,33,44)(H,34,39)(H,35,43)(H,36,45)/t20-,23-,24+/m0/s1. The maximum Gasteiger partial charge on any atom is 0.538 e. The van der Waals surface area contributed by atoms with Crippen molar-refractivity contribution >= 4 is 53.3 Å². The number of rotatable bonds is 18. The van der Waals surface area contributed by atoms with Crippen LogP contribution in [-0.4, -0.2) is 88.7 Å². The Labute approximate surface area is 292 Å². The Hall–Kier alpha value is -5.88. The summed E-state index contributed by atoms with van der Waals surface area (Å²) in [6, 6.07) is 0.542. The second kappa shape index (κ2) is 20.0. The lowest BCUT2D eigenvalue weighted by Crippen LogP contribution is -2.56. The highest BCUT2D eigenvalue weighted by Crippen LogP contribution is 2.17. The summed E-state index contributed by atoms with van der Waals surface area (Å²) in [4.78, 5) is 115. The molecule has 0 spiro atoms. The van der Waals surface area contributed by atoms with Gasteiger partial charge in [0, 0.05) is 43.7 Å². The van der Waals surface area contributed by atoms with E-state index in [0.717, 1.165) is 41.3 Å². The van der Waals surface area contributed by atoms with Gasteiger partial charge in [0.1, 0.15) is 23.9 Å². The highest BCUT2D eigenvalue weighted by Gasteiger charge is 2.30. The molecule has 51 heavy (non-hydrogen) atoms. The van der Waals surface area contributed by atoms with E-state index in [9.17, 15) is 48.5 Å². The maximum absolute atomic E-state index is 13.2. The van der Waals surface area contributed by atoms with Crippen LogP contribution in [0.1, 0.15) is 60.3 Å². The van der Waals surface area contributed by atoms with Crippen LogP contribution >= 0.6 is 0 Å². The number of carbonyl (C=O) groups is 8. The third-order valence-electron chi connectivity index (χ3n) is 6.91. The van der Waals surface area contributed by atoms with Crippen LogP contribution in [0, 0.1) is 22.0 Å². The van der Waals surface area contributed by atoms with Crippen molar-refractivity contribution in [1.29, 1.82) is 0 Å². The molecule has 0 fully saturated rings. The fourth-order valence-corrected chi connectivity index (χ4v) is 4.29. The van der Waals surface area contributed by atoms with E-state index in [1.54, 1.807) is 13.8 Å². The summed E-state index contributed by atoms with van der Waals surface area (Å²) < 4.78 is 9.96. The average molecular weight is 719 g/mol. The summed E-state index contributed by atoms with van der Waals surface area (Å²) >= 11 is 0. The number of imide groups is 1. The van der Waals surface area contributed by atoms with Crippen molar-refractivity contribution in [3.63, 3.8) is 0 Å². The van der Waals surface area contributed by atoms with Crippen LogP contribution in [0.15, 0.2) is 36.4 Å². The summed E-state index contributed by atoms with van der Waals surface area (Å²) in [5.74, 6) is -5.26. The number of esters is 1. The number of benzene rings is 1. The third-order valence-corrected chi connectivity index (χ3v) is 6.91. The SMILES string of the molecule is CC(C)COC(=O)CC[C@H](NC(=O)[C@H](C)NC(=O)[C@@H](CC(C)C)NC(=O)CCN1C(=O)C=CC1=O)C(=O)NOC(=O)Oc1ccc([N+](=O)[O-])cc1. The normalized spacial score (nSPS) is 14.0. The van der Waals surface area contributed by atoms with Gasteiger partial charge in [0.05, 0.1) is 11.5 Å². The molecule has 0 aliphatic carbocycles. The highest BCUT2D eigenvalue weighted by atomic mass is 16.8. The lowest BCUT2D eigenvalue weighted by molar-refractivity contribution is -0.384. The fourth-order valence-electron chi connectivity index (χ4n) is 4.29. The largest absolute Gasteiger partial charge is 0.538 e. The quantitative estimate of drug-likeness (QED) is 0.0543. The van der Waals surface area contributed by atoms with Crippen LogP contribution in [-0.2, 0) is 43.1 Å². The minimum atomic E-state index is -1.48. The van der Waals surface area contributed by atoms with Gasteiger partial charge in [0.15, 0.2) is 0 Å². The zero-order chi connectivity index (χ0) is 38.2. The molecule has 1 aliphatic rings. The monoisotopic (exact) mass is 718 g/mol. The summed E-state index contributed by atoms with van der Waals surface area (Å²) in [7, 11) is 0. The first-order valence-electron chi connectivity index (χ1n) is 16.0. The molecule has 0 saturated heterocycles. The number of non-ortho nitro benzene ring substituents is 1. The third kappa shape index (κ3) is 14.6. The van der Waals surface area contributed by atoms with Gasteiger partial charge in [-0.15, -0.1) is 0 Å². The lowest BCUT2D eigenvalue weighted by Gasteiger charge is -2.24. The Kier molecular flexibility index (Phi) is 16.2. The molecule has 1 aromatic carbocycles. The number of nitrogens with zero attached hydrogens (tertiary/aromatic N) is 2. The molecular formula is C32H42N6O13. The molecular weight excluding hydrogens is 676 g/mol. The predicted octanol–water partition coefficient (Wildman–Crippen LogP) is 0.956. The highest BCUT2D eigenvalue weighted by molar-refractivity contribution is 6.13. The summed E-state index contributed by atoms with van der Waals surface area (Å²) in [5.41, 5.74) is 1.56. The number of hydroxylamine groups is 1. The zero-order valence-electron chi connectivity index (χ0n) is 28.8. The van der Waals surface area contributed by atoms with Crippen molar-refractivity contribution in [2.45, 2.75) is 78.4 Å². The number of nitrogens with one attached hydrogen (secondary N) is 4. The van der Waals surface area contributed by atoms with Gasteiger partial charge >= 0.3 is 12.1 Å². The van der Waals surface area contributed by atoms with Crippen LogP contribution in [0.25, 0.3) is 0 Å². The molecule has 19 nitrogen and oxygen atoms in total. The number of ether oxygens (including phenoxy) is 2. The van der Waals surface area contributed by atoms with E-state index in [0.29, 0.717) is 0 Å². The van der Waals surface area contributed by atoms with E-state index >= 15 is 0 Å². The van der Waals surface area contributed by atoms with Gasteiger partial charge < -0.3 is 30.3 Å². The first-order chi connectivity index (χ1) is 24.0. The molecule has 1 heterocycles. The Morgan fingerprint density at radius 1 is 0.804 bits per heavy atom. The number of hydrogen-bond donors (Lipinski definition) is 4. The minimum absolute atomic E-state index is 0.0347. The molecule has 0 aromatic heterocycles. The summed E-state index contributed by atoms with van der Waals surface area (Å²) in [5, 5.41) is 18.2. The summed E-state index contributed by atoms with van der Waals surface area (Å²) in [6.45, 7) is 8.47. The van der Waals surface area contributed by atoms with Gasteiger partial charge in [-0.1, -0.05) is 27.7 Å². The molecule has 0 saturated carbocycles. The Morgan fingerprint density at radius 3 is 2.00 bits per heavy atom. The van der Waals surface area contributed by atoms with E-state index in [1.807, 2.05) is 19.3 Å². The summed E-state index contributed by atoms with van der Waals surface area (Å²) in [6.07, 6.45) is 0.0156. The Balaban J connectivity index is 2.03. The molecule has 2 rings (SSSR count). The van der Waals surface area contributed by atoms with E-state index in [-0.39, 0.29) is 62.1 Å². The predicted molar refractivity (Wildman–Crippen MR) is 175 cm³/mol. The van der Waals surface area contributed by atoms with Gasteiger partial charge in [0.2, 0.25) is 17.7 Å². The first kappa shape index (κ1) is 41.3. The Bertz CT molecular complexity index is 1490. The van der Waals surface area contributed by atoms with Crippen molar-refractivity contribution in [3.05, 3.63) is 46.5 Å². The number of amides is 6. The molecule has 4 N–H and O–H groups in total. The number of nitro benzene ring substituents is 1. The molecule has 0 bridgehead atoms. The minimum Gasteiger partial charge on any atom is -0.465 e. The van der Waals surface area contributed by atoms with Gasteiger partial charge in [-0.2, -0.15) is 5.48 Å². The van der Waals surface area contributed by atoms with Crippen molar-refractivity contribution < 1.29 is 57.6 Å². The number of hydrogen-bond acceptors (Lipinski definition) is 13. The van der Waals surface area contributed by atoms with Gasteiger partial charge in [0.25, 0.3) is 23.4 Å². The van der Waals surface area contributed by atoms with Gasteiger partial charge in [-0.05, 0) is 43.7 Å². The van der Waals surface area contributed by atoms with E-state index < -0.39 is 70.6 Å². The maximum atomic E-state index is 13.2. The number of nitro groups is 1. The molecule has 1 aliphatic heterocycles. The molecule has 278 valence electrons. The second-order valence-corrected chi connectivity index (χ2v) is 12.2. The molecule has 6 amide bonds. The fraction of sp³-hybridized carbons (Fsp3) is 0.500. The van der Waals surface area contributed by atoms with Crippen molar-refractivity contribution in [1.82, 2.24) is 26.3 Å². The lowest BCUT2D eigenvalue weighted by atomic mass is 10.0. The molecule has 0 unspecified atom stereocenters. The van der Waals surface area contributed by atoms with E-state index in [2.05, 4.69) is 20.8 Å². The van der Waals surface area contributed by atoms with Crippen LogP contribution < -0.4 is 26.2 Å². The van der Waals surface area contributed by atoms with E-state index in [4.69, 9.17) is 9.47 Å². The van der Waals surface area contributed by atoms with Crippen LogP contribution in [0.2, 0.25) is 0 Å². The van der Waals surface area contributed by atoms with Crippen LogP contribution in [0.5, 0.6) is 5.75 Å². The topological polar surface area (TPSA) is 259 Å². The molecule has 0 radical (unpaired) electrons. The second-order valence-electron chi connectivity index (χ2n) is 12.2.